The van der Waals surface area contributed by atoms with E-state index in [4.69, 9.17) is 35.4 Å². The van der Waals surface area contributed by atoms with Crippen molar-refractivity contribution in [3.8, 4) is 5.69 Å². The van der Waals surface area contributed by atoms with E-state index in [1.807, 2.05) is 75.4 Å². The summed E-state index contributed by atoms with van der Waals surface area (Å²) in [5.41, 5.74) is 5.42. The van der Waals surface area contributed by atoms with Crippen molar-refractivity contribution in [2.45, 2.75) is 20.8 Å². The van der Waals surface area contributed by atoms with Crippen LogP contribution in [-0.4, -0.2) is 21.5 Å². The van der Waals surface area contributed by atoms with Crippen LogP contribution in [0.4, 0.5) is 11.4 Å². The molecule has 38 heavy (non-hydrogen) atoms. The van der Waals surface area contributed by atoms with Gasteiger partial charge in [-0.1, -0.05) is 47.5 Å². The van der Waals surface area contributed by atoms with Gasteiger partial charge in [0.1, 0.15) is 5.57 Å². The van der Waals surface area contributed by atoms with E-state index in [2.05, 4.69) is 4.57 Å². The summed E-state index contributed by atoms with van der Waals surface area (Å²) in [7, 11) is 0. The molecule has 1 aliphatic heterocycles. The van der Waals surface area contributed by atoms with Crippen molar-refractivity contribution in [3.63, 3.8) is 0 Å². The summed E-state index contributed by atoms with van der Waals surface area (Å²) in [4.78, 5) is 30.5. The van der Waals surface area contributed by atoms with Crippen molar-refractivity contribution >= 4 is 69.8 Å². The van der Waals surface area contributed by atoms with Gasteiger partial charge < -0.3 is 4.57 Å². The Morgan fingerprint density at radius 3 is 1.97 bits per heavy atom. The van der Waals surface area contributed by atoms with Crippen molar-refractivity contribution in [2.24, 2.45) is 0 Å². The predicted octanol–water partition coefficient (Wildman–Crippen LogP) is 7.46. The van der Waals surface area contributed by atoms with Gasteiger partial charge in [-0.15, -0.1) is 0 Å². The molecule has 0 radical (unpaired) electrons. The van der Waals surface area contributed by atoms with Crippen LogP contribution in [0.2, 0.25) is 10.0 Å². The Morgan fingerprint density at radius 1 is 0.737 bits per heavy atom. The van der Waals surface area contributed by atoms with Crippen molar-refractivity contribution in [3.05, 3.63) is 117 Å². The van der Waals surface area contributed by atoms with E-state index >= 15 is 0 Å². The number of carbonyl (C=O) groups is 2. The Morgan fingerprint density at radius 2 is 1.34 bits per heavy atom. The lowest BCUT2D eigenvalue weighted by atomic mass is 10.0. The van der Waals surface area contributed by atoms with Crippen LogP contribution in [0.5, 0.6) is 0 Å². The van der Waals surface area contributed by atoms with E-state index in [1.54, 1.807) is 30.3 Å². The van der Waals surface area contributed by atoms with Crippen LogP contribution in [0, 0.1) is 20.8 Å². The highest BCUT2D eigenvalue weighted by atomic mass is 35.5. The number of rotatable bonds is 4. The summed E-state index contributed by atoms with van der Waals surface area (Å²) in [6.45, 7) is 5.80. The summed E-state index contributed by atoms with van der Waals surface area (Å²) < 4.78 is 2.05. The zero-order valence-electron chi connectivity index (χ0n) is 20.9. The van der Waals surface area contributed by atoms with Gasteiger partial charge in [0.2, 0.25) is 0 Å². The highest BCUT2D eigenvalue weighted by molar-refractivity contribution is 7.81. The average molecular weight is 561 g/mol. The highest BCUT2D eigenvalue weighted by Crippen LogP contribution is 2.33. The first-order valence-electron chi connectivity index (χ1n) is 11.9. The second-order valence-corrected chi connectivity index (χ2v) is 10.2. The summed E-state index contributed by atoms with van der Waals surface area (Å²) in [6.07, 6.45) is 1.64. The quantitative estimate of drug-likeness (QED) is 0.148. The fraction of sp³-hybridized carbons (Fsp3) is 0.100. The molecule has 0 saturated carbocycles. The standard InChI is InChI=1S/C30H23Cl2N3O2S/c1-18-9-12-25(17-27(18)32)35-29(37)26(28(36)34(30(35)38)23-7-5-4-6-8-23)16-21-15-19(2)33(20(21)3)24-13-10-22(31)11-14-24/h4-17H,1-3H3/b26-16-. The molecule has 0 spiro atoms. The van der Waals surface area contributed by atoms with Gasteiger partial charge in [-0.05, 0) is 105 Å². The first kappa shape index (κ1) is 25.9. The molecule has 3 aromatic carbocycles. The molecule has 5 rings (SSSR count). The van der Waals surface area contributed by atoms with Crippen LogP contribution in [-0.2, 0) is 9.59 Å². The van der Waals surface area contributed by atoms with E-state index < -0.39 is 11.8 Å². The van der Waals surface area contributed by atoms with E-state index in [1.165, 1.54) is 9.80 Å². The Labute approximate surface area is 236 Å². The lowest BCUT2D eigenvalue weighted by Gasteiger charge is -2.36. The number of carbonyl (C=O) groups excluding carboxylic acids is 2. The summed E-state index contributed by atoms with van der Waals surface area (Å²) >= 11 is 18.2. The van der Waals surface area contributed by atoms with E-state index in [0.717, 1.165) is 28.2 Å². The number of halogens is 2. The number of benzene rings is 3. The number of aryl methyl sites for hydroxylation is 2. The second kappa shape index (κ2) is 10.2. The molecule has 1 aliphatic rings. The molecular weight excluding hydrogens is 537 g/mol. The molecule has 190 valence electrons. The number of aromatic nitrogens is 1. The van der Waals surface area contributed by atoms with Gasteiger partial charge in [-0.3, -0.25) is 19.4 Å². The topological polar surface area (TPSA) is 45.6 Å². The third-order valence-corrected chi connectivity index (χ3v) is 7.56. The number of nitrogens with zero attached hydrogens (tertiary/aromatic N) is 3. The smallest absolute Gasteiger partial charge is 0.270 e. The van der Waals surface area contributed by atoms with E-state index in [0.29, 0.717) is 21.4 Å². The lowest BCUT2D eigenvalue weighted by Crippen LogP contribution is -2.56. The van der Waals surface area contributed by atoms with Gasteiger partial charge in [0.15, 0.2) is 5.11 Å². The minimum absolute atomic E-state index is 0.00416. The van der Waals surface area contributed by atoms with Crippen molar-refractivity contribution in [2.75, 3.05) is 9.80 Å². The van der Waals surface area contributed by atoms with Crippen LogP contribution < -0.4 is 9.80 Å². The average Bonchev–Trinajstić information content (AvgIpc) is 3.17. The third-order valence-electron chi connectivity index (χ3n) is 6.53. The van der Waals surface area contributed by atoms with Gasteiger partial charge in [-0.2, -0.15) is 0 Å². The molecule has 1 fully saturated rings. The number of anilines is 2. The molecule has 5 nitrogen and oxygen atoms in total. The molecule has 0 bridgehead atoms. The maximum absolute atomic E-state index is 13.9. The molecule has 2 heterocycles. The summed E-state index contributed by atoms with van der Waals surface area (Å²) in [6, 6.07) is 23.8. The lowest BCUT2D eigenvalue weighted by molar-refractivity contribution is -0.120. The number of amides is 2. The maximum Gasteiger partial charge on any atom is 0.270 e. The summed E-state index contributed by atoms with van der Waals surface area (Å²) in [5.74, 6) is -1.000. The predicted molar refractivity (Wildman–Crippen MR) is 158 cm³/mol. The largest absolute Gasteiger partial charge is 0.318 e. The fourth-order valence-electron chi connectivity index (χ4n) is 4.56. The molecule has 0 N–H and O–H groups in total. The van der Waals surface area contributed by atoms with E-state index in [9.17, 15) is 9.59 Å². The van der Waals surface area contributed by atoms with Gasteiger partial charge >= 0.3 is 0 Å². The second-order valence-electron chi connectivity index (χ2n) is 9.03. The van der Waals surface area contributed by atoms with Crippen LogP contribution in [0.15, 0.2) is 84.4 Å². The molecule has 4 aromatic rings. The zero-order valence-corrected chi connectivity index (χ0v) is 23.2. The monoisotopic (exact) mass is 559 g/mol. The first-order valence-corrected chi connectivity index (χ1v) is 13.0. The van der Waals surface area contributed by atoms with Crippen LogP contribution in [0.3, 0.4) is 0 Å². The fourth-order valence-corrected chi connectivity index (χ4v) is 5.24. The Balaban J connectivity index is 1.66. The molecule has 1 saturated heterocycles. The SMILES string of the molecule is Cc1ccc(N2C(=O)/C(=C\c3cc(C)n(-c4ccc(Cl)cc4)c3C)C(=O)N(c3ccccc3)C2=S)cc1Cl. The maximum atomic E-state index is 13.9. The van der Waals surface area contributed by atoms with Gasteiger partial charge in [0.25, 0.3) is 11.8 Å². The molecule has 1 aromatic heterocycles. The van der Waals surface area contributed by atoms with Crippen molar-refractivity contribution < 1.29 is 9.59 Å². The molecule has 0 atom stereocenters. The minimum Gasteiger partial charge on any atom is -0.318 e. The Bertz CT molecular complexity index is 1630. The number of thiocarbonyl (C=S) groups is 1. The third kappa shape index (κ3) is 4.56. The van der Waals surface area contributed by atoms with Gasteiger partial charge in [-0.25, -0.2) is 0 Å². The molecule has 0 aliphatic carbocycles. The van der Waals surface area contributed by atoms with Crippen LogP contribution in [0.25, 0.3) is 11.8 Å². The number of hydrogen-bond acceptors (Lipinski definition) is 3. The summed E-state index contributed by atoms with van der Waals surface area (Å²) in [5, 5.41) is 1.21. The highest BCUT2D eigenvalue weighted by Gasteiger charge is 2.41. The molecule has 8 heteroatoms. The molecule has 2 amide bonds. The van der Waals surface area contributed by atoms with Gasteiger partial charge in [0, 0.05) is 27.1 Å². The van der Waals surface area contributed by atoms with E-state index in [-0.39, 0.29) is 10.7 Å². The number of para-hydroxylation sites is 1. The van der Waals surface area contributed by atoms with Crippen molar-refractivity contribution in [1.29, 1.82) is 0 Å². The first-order chi connectivity index (χ1) is 18.2. The zero-order chi connectivity index (χ0) is 27.1. The van der Waals surface area contributed by atoms with Crippen LogP contribution >= 0.6 is 35.4 Å². The van der Waals surface area contributed by atoms with Crippen molar-refractivity contribution in [1.82, 2.24) is 4.57 Å². The number of hydrogen-bond donors (Lipinski definition) is 0. The normalized spacial score (nSPS) is 15.1. The van der Waals surface area contributed by atoms with Gasteiger partial charge in [0.05, 0.1) is 11.4 Å². The minimum atomic E-state index is -0.511. The van der Waals surface area contributed by atoms with Crippen LogP contribution in [0.1, 0.15) is 22.5 Å². The Hall–Kier alpha value is -3.71. The molecular formula is C30H23Cl2N3O2S. The molecule has 0 unspecified atom stereocenters. The Kier molecular flexibility index (Phi) is 6.97.